The molecule has 0 saturated carbocycles. The highest BCUT2D eigenvalue weighted by molar-refractivity contribution is 9.10. The van der Waals surface area contributed by atoms with Crippen LogP contribution >= 0.6 is 15.9 Å². The summed E-state index contributed by atoms with van der Waals surface area (Å²) in [6.07, 6.45) is 0.687. The van der Waals surface area contributed by atoms with Crippen molar-refractivity contribution < 1.29 is 13.2 Å². The number of carbonyl (C=O) groups is 1. The molecule has 0 atom stereocenters. The number of carbonyl (C=O) groups excluding carboxylic acids is 1. The summed E-state index contributed by atoms with van der Waals surface area (Å²) in [7, 11) is -3.82. The number of aromatic amines is 1. The Balaban J connectivity index is 2.10. The van der Waals surface area contributed by atoms with Gasteiger partial charge in [-0.05, 0) is 38.0 Å². The van der Waals surface area contributed by atoms with E-state index in [0.717, 1.165) is 10.0 Å². The number of halogens is 1. The number of benzene rings is 1. The number of anilines is 2. The summed E-state index contributed by atoms with van der Waals surface area (Å²) < 4.78 is 29.0. The third-order valence-corrected chi connectivity index (χ3v) is 6.07. The highest BCUT2D eigenvalue weighted by Gasteiger charge is 2.29. The molecule has 1 amide bonds. The molecule has 0 aliphatic carbocycles. The van der Waals surface area contributed by atoms with Gasteiger partial charge < -0.3 is 4.90 Å². The number of hydrogen-bond acceptors (Lipinski definition) is 4. The number of nitrogens with zero attached hydrogens (tertiary/aromatic N) is 2. The Bertz CT molecular complexity index is 917. The highest BCUT2D eigenvalue weighted by atomic mass is 79.9. The fraction of sp³-hybridized carbons (Fsp3) is 0.333. The Morgan fingerprint density at radius 1 is 1.38 bits per heavy atom. The monoisotopic (exact) mass is 412 g/mol. The summed E-state index contributed by atoms with van der Waals surface area (Å²) in [6.45, 7) is 5.30. The van der Waals surface area contributed by atoms with Crippen LogP contribution in [-0.2, 0) is 21.2 Å². The molecular formula is C15H17BrN4O3S. The van der Waals surface area contributed by atoms with E-state index in [1.54, 1.807) is 24.8 Å². The number of nitrogens with one attached hydrogen (secondary N) is 2. The van der Waals surface area contributed by atoms with Gasteiger partial charge in [0, 0.05) is 17.9 Å². The van der Waals surface area contributed by atoms with Crippen molar-refractivity contribution in [1.29, 1.82) is 0 Å². The number of amides is 1. The van der Waals surface area contributed by atoms with Gasteiger partial charge in [0.15, 0.2) is 0 Å². The van der Waals surface area contributed by atoms with Crippen LogP contribution in [0.25, 0.3) is 0 Å². The molecule has 0 spiro atoms. The van der Waals surface area contributed by atoms with Crippen LogP contribution in [0.1, 0.15) is 23.9 Å². The lowest BCUT2D eigenvalue weighted by atomic mass is 10.1. The van der Waals surface area contributed by atoms with Crippen LogP contribution in [0.5, 0.6) is 0 Å². The molecule has 0 unspecified atom stereocenters. The minimum atomic E-state index is -3.82. The molecular weight excluding hydrogens is 396 g/mol. The van der Waals surface area contributed by atoms with Crippen molar-refractivity contribution in [2.24, 2.45) is 0 Å². The Morgan fingerprint density at radius 3 is 2.67 bits per heavy atom. The van der Waals surface area contributed by atoms with Crippen LogP contribution in [0.4, 0.5) is 11.4 Å². The van der Waals surface area contributed by atoms with Gasteiger partial charge >= 0.3 is 0 Å². The number of aryl methyl sites for hydroxylation is 2. The van der Waals surface area contributed by atoms with E-state index in [9.17, 15) is 13.2 Å². The van der Waals surface area contributed by atoms with Gasteiger partial charge in [0.05, 0.1) is 22.8 Å². The van der Waals surface area contributed by atoms with Crippen molar-refractivity contribution in [3.8, 4) is 0 Å². The smallest absolute Gasteiger partial charge is 0.265 e. The van der Waals surface area contributed by atoms with Crippen LogP contribution in [-0.4, -0.2) is 31.1 Å². The van der Waals surface area contributed by atoms with Gasteiger partial charge in [-0.1, -0.05) is 15.9 Å². The summed E-state index contributed by atoms with van der Waals surface area (Å²) in [6, 6.07) is 3.58. The normalized spacial score (nSPS) is 13.9. The number of hydrogen-bond donors (Lipinski definition) is 2. The number of sulfonamides is 1. The van der Waals surface area contributed by atoms with E-state index in [4.69, 9.17) is 0 Å². The zero-order valence-electron chi connectivity index (χ0n) is 13.5. The molecule has 0 saturated heterocycles. The fourth-order valence-corrected chi connectivity index (χ4v) is 4.97. The Hall–Kier alpha value is -1.87. The molecule has 0 radical (unpaired) electrons. The Kier molecular flexibility index (Phi) is 4.16. The Labute approximate surface area is 148 Å². The van der Waals surface area contributed by atoms with Crippen LogP contribution in [0.2, 0.25) is 0 Å². The zero-order chi connectivity index (χ0) is 17.6. The molecule has 2 heterocycles. The lowest BCUT2D eigenvalue weighted by Crippen LogP contribution is -2.27. The first kappa shape index (κ1) is 17.0. The number of rotatable bonds is 3. The largest absolute Gasteiger partial charge is 0.310 e. The van der Waals surface area contributed by atoms with E-state index in [2.05, 4.69) is 30.8 Å². The molecule has 2 aromatic rings. The Morgan fingerprint density at radius 2 is 2.08 bits per heavy atom. The lowest BCUT2D eigenvalue weighted by molar-refractivity contribution is -0.116. The van der Waals surface area contributed by atoms with E-state index in [0.29, 0.717) is 35.7 Å². The maximum atomic E-state index is 12.8. The molecule has 128 valence electrons. The molecule has 0 fully saturated rings. The standard InChI is InChI=1S/C15H17BrN4O3S/c1-8-15(9(2)18-17-8)24(22,23)19-13-7-12(16)6-11-4-5-20(10(3)21)14(11)13/h6-7,19H,4-5H2,1-3H3,(H,17,18). The predicted molar refractivity (Wildman–Crippen MR) is 94.7 cm³/mol. The van der Waals surface area contributed by atoms with E-state index in [1.807, 2.05) is 6.07 Å². The van der Waals surface area contributed by atoms with Gasteiger partial charge in [-0.3, -0.25) is 14.6 Å². The van der Waals surface area contributed by atoms with Gasteiger partial charge in [-0.15, -0.1) is 0 Å². The van der Waals surface area contributed by atoms with Crippen molar-refractivity contribution in [3.05, 3.63) is 33.6 Å². The summed E-state index contributed by atoms with van der Waals surface area (Å²) in [5, 5.41) is 6.62. The average molecular weight is 413 g/mol. The predicted octanol–water partition coefficient (Wildman–Crippen LogP) is 2.50. The van der Waals surface area contributed by atoms with Crippen molar-refractivity contribution in [2.45, 2.75) is 32.1 Å². The first-order valence-electron chi connectivity index (χ1n) is 7.35. The van der Waals surface area contributed by atoms with Crippen molar-refractivity contribution in [1.82, 2.24) is 10.2 Å². The van der Waals surface area contributed by atoms with Gasteiger partial charge in [0.25, 0.3) is 10.0 Å². The summed E-state index contributed by atoms with van der Waals surface area (Å²) in [5.41, 5.74) is 2.79. The zero-order valence-corrected chi connectivity index (χ0v) is 15.9. The van der Waals surface area contributed by atoms with Crippen LogP contribution in [0.15, 0.2) is 21.5 Å². The van der Waals surface area contributed by atoms with Crippen molar-refractivity contribution in [2.75, 3.05) is 16.2 Å². The molecule has 2 N–H and O–H groups in total. The molecule has 9 heteroatoms. The lowest BCUT2D eigenvalue weighted by Gasteiger charge is -2.20. The van der Waals surface area contributed by atoms with Gasteiger partial charge in [0.2, 0.25) is 5.91 Å². The molecule has 1 aromatic carbocycles. The van der Waals surface area contributed by atoms with E-state index < -0.39 is 10.0 Å². The van der Waals surface area contributed by atoms with E-state index >= 15 is 0 Å². The number of aromatic nitrogens is 2. The molecule has 0 bridgehead atoms. The van der Waals surface area contributed by atoms with Crippen molar-refractivity contribution >= 4 is 43.2 Å². The number of fused-ring (bicyclic) bond motifs is 1. The summed E-state index contributed by atoms with van der Waals surface area (Å²) in [4.78, 5) is 13.6. The molecule has 3 rings (SSSR count). The second kappa shape index (κ2) is 5.89. The van der Waals surface area contributed by atoms with E-state index in [1.165, 1.54) is 6.92 Å². The van der Waals surface area contributed by atoms with Gasteiger partial charge in [0.1, 0.15) is 4.90 Å². The second-order valence-electron chi connectivity index (χ2n) is 5.75. The quantitative estimate of drug-likeness (QED) is 0.809. The minimum absolute atomic E-state index is 0.118. The summed E-state index contributed by atoms with van der Waals surface area (Å²) >= 11 is 3.40. The van der Waals surface area contributed by atoms with Gasteiger partial charge in [-0.25, -0.2) is 8.42 Å². The summed E-state index contributed by atoms with van der Waals surface area (Å²) in [5.74, 6) is -0.118. The first-order valence-corrected chi connectivity index (χ1v) is 9.63. The number of H-pyrrole nitrogens is 1. The van der Waals surface area contributed by atoms with Crippen LogP contribution < -0.4 is 9.62 Å². The highest BCUT2D eigenvalue weighted by Crippen LogP contribution is 2.39. The van der Waals surface area contributed by atoms with Crippen LogP contribution in [0.3, 0.4) is 0 Å². The molecule has 1 aliphatic heterocycles. The minimum Gasteiger partial charge on any atom is -0.310 e. The fourth-order valence-electron chi connectivity index (χ4n) is 3.03. The van der Waals surface area contributed by atoms with Crippen molar-refractivity contribution in [3.63, 3.8) is 0 Å². The second-order valence-corrected chi connectivity index (χ2v) is 8.29. The molecule has 24 heavy (non-hydrogen) atoms. The molecule has 1 aliphatic rings. The third kappa shape index (κ3) is 2.82. The topological polar surface area (TPSA) is 95.2 Å². The first-order chi connectivity index (χ1) is 11.2. The van der Waals surface area contributed by atoms with Crippen LogP contribution in [0, 0.1) is 13.8 Å². The van der Waals surface area contributed by atoms with E-state index in [-0.39, 0.29) is 10.8 Å². The average Bonchev–Trinajstić information content (AvgIpc) is 3.02. The molecule has 7 nitrogen and oxygen atoms in total. The molecule has 1 aromatic heterocycles. The maximum Gasteiger partial charge on any atom is 0.265 e. The SMILES string of the molecule is CC(=O)N1CCc2cc(Br)cc(NS(=O)(=O)c3c(C)n[nH]c3C)c21. The van der Waals surface area contributed by atoms with Gasteiger partial charge in [-0.2, -0.15) is 5.10 Å². The third-order valence-electron chi connectivity index (χ3n) is 3.98. The maximum absolute atomic E-state index is 12.8.